The highest BCUT2D eigenvalue weighted by Gasteiger charge is 2.28. The van der Waals surface area contributed by atoms with Crippen LogP contribution in [0, 0.1) is 10.1 Å². The molecular formula is C18H18BrN3O6. The van der Waals surface area contributed by atoms with Gasteiger partial charge in [0.05, 0.1) is 17.1 Å². The van der Waals surface area contributed by atoms with Gasteiger partial charge in [0.15, 0.2) is 10.4 Å². The van der Waals surface area contributed by atoms with Crippen molar-refractivity contribution in [2.45, 2.75) is 6.92 Å². The van der Waals surface area contributed by atoms with Crippen LogP contribution in [0.1, 0.15) is 27.8 Å². The van der Waals surface area contributed by atoms with Crippen molar-refractivity contribution in [3.05, 3.63) is 56.4 Å². The number of hydrogen-bond donors (Lipinski definition) is 0. The zero-order chi connectivity index (χ0) is 20.3. The molecule has 0 aliphatic carbocycles. The summed E-state index contributed by atoms with van der Waals surface area (Å²) < 4.78 is 10.7. The topological polar surface area (TPSA) is 106 Å². The Hall–Kier alpha value is -2.88. The number of furan rings is 1. The van der Waals surface area contributed by atoms with Gasteiger partial charge in [0.1, 0.15) is 5.69 Å². The number of ether oxygens (including phenoxy) is 1. The first kappa shape index (κ1) is 19.9. The van der Waals surface area contributed by atoms with Crippen LogP contribution in [0.4, 0.5) is 11.4 Å². The van der Waals surface area contributed by atoms with Gasteiger partial charge in [-0.15, -0.1) is 0 Å². The molecule has 0 atom stereocenters. The van der Waals surface area contributed by atoms with Crippen molar-refractivity contribution in [3.63, 3.8) is 0 Å². The number of nitro benzene ring substituents is 1. The third-order valence-electron chi connectivity index (χ3n) is 4.37. The van der Waals surface area contributed by atoms with Crippen molar-refractivity contribution in [1.29, 1.82) is 0 Å². The molecule has 148 valence electrons. The minimum absolute atomic E-state index is 0.134. The minimum atomic E-state index is -0.600. The highest BCUT2D eigenvalue weighted by molar-refractivity contribution is 9.10. The number of amides is 1. The van der Waals surface area contributed by atoms with Gasteiger partial charge in [-0.05, 0) is 47.1 Å². The first-order valence-electron chi connectivity index (χ1n) is 8.65. The van der Waals surface area contributed by atoms with E-state index in [0.29, 0.717) is 36.5 Å². The zero-order valence-corrected chi connectivity index (χ0v) is 16.7. The minimum Gasteiger partial charge on any atom is -0.462 e. The third kappa shape index (κ3) is 4.16. The van der Waals surface area contributed by atoms with Crippen molar-refractivity contribution < 1.29 is 23.7 Å². The van der Waals surface area contributed by atoms with Crippen LogP contribution in [-0.2, 0) is 4.74 Å². The van der Waals surface area contributed by atoms with E-state index in [9.17, 15) is 19.7 Å². The molecule has 0 unspecified atom stereocenters. The van der Waals surface area contributed by atoms with Gasteiger partial charge in [-0.1, -0.05) is 0 Å². The molecule has 1 aliphatic rings. The summed E-state index contributed by atoms with van der Waals surface area (Å²) in [5, 5.41) is 11.5. The Balaban J connectivity index is 1.73. The molecular weight excluding hydrogens is 434 g/mol. The van der Waals surface area contributed by atoms with E-state index >= 15 is 0 Å². The second-order valence-electron chi connectivity index (χ2n) is 6.06. The van der Waals surface area contributed by atoms with Gasteiger partial charge >= 0.3 is 5.97 Å². The number of rotatable bonds is 5. The molecule has 0 radical (unpaired) electrons. The Morgan fingerprint density at radius 2 is 1.93 bits per heavy atom. The number of benzene rings is 1. The van der Waals surface area contributed by atoms with Crippen molar-refractivity contribution in [1.82, 2.24) is 4.90 Å². The Bertz CT molecular complexity index is 904. The molecule has 9 nitrogen and oxygen atoms in total. The second-order valence-corrected chi connectivity index (χ2v) is 6.85. The third-order valence-corrected chi connectivity index (χ3v) is 4.80. The Morgan fingerprint density at radius 3 is 2.50 bits per heavy atom. The highest BCUT2D eigenvalue weighted by atomic mass is 79.9. The van der Waals surface area contributed by atoms with Gasteiger partial charge in [0.2, 0.25) is 0 Å². The van der Waals surface area contributed by atoms with Crippen molar-refractivity contribution >= 4 is 39.2 Å². The SMILES string of the molecule is CCOC(=O)c1ccc(N2CCN(C(=O)c3ccc(Br)o3)CC2)c([N+](=O)[O-])c1. The summed E-state index contributed by atoms with van der Waals surface area (Å²) >= 11 is 3.17. The maximum atomic E-state index is 12.4. The molecule has 1 amide bonds. The monoisotopic (exact) mass is 451 g/mol. The number of nitro groups is 1. The van der Waals surface area contributed by atoms with Gasteiger partial charge in [-0.25, -0.2) is 4.79 Å². The average Bonchev–Trinajstić information content (AvgIpc) is 3.13. The van der Waals surface area contributed by atoms with Crippen LogP contribution in [0.15, 0.2) is 39.4 Å². The number of carbonyl (C=O) groups is 2. The zero-order valence-electron chi connectivity index (χ0n) is 15.1. The number of esters is 1. The molecule has 1 aromatic carbocycles. The molecule has 1 saturated heterocycles. The van der Waals surface area contributed by atoms with Crippen LogP contribution >= 0.6 is 15.9 Å². The van der Waals surface area contributed by atoms with E-state index in [1.807, 2.05) is 4.90 Å². The van der Waals surface area contributed by atoms with E-state index in [-0.39, 0.29) is 29.5 Å². The van der Waals surface area contributed by atoms with Crippen LogP contribution in [-0.4, -0.2) is 54.5 Å². The summed E-state index contributed by atoms with van der Waals surface area (Å²) in [4.78, 5) is 38.7. The lowest BCUT2D eigenvalue weighted by Crippen LogP contribution is -2.48. The number of halogens is 1. The molecule has 0 spiro atoms. The molecule has 0 bridgehead atoms. The number of nitrogens with zero attached hydrogens (tertiary/aromatic N) is 3. The predicted octanol–water partition coefficient (Wildman–Crippen LogP) is 3.09. The lowest BCUT2D eigenvalue weighted by molar-refractivity contribution is -0.384. The van der Waals surface area contributed by atoms with E-state index in [1.54, 1.807) is 30.0 Å². The van der Waals surface area contributed by atoms with E-state index in [4.69, 9.17) is 9.15 Å². The summed E-state index contributed by atoms with van der Waals surface area (Å²) in [5.74, 6) is -0.584. The Morgan fingerprint density at radius 1 is 1.21 bits per heavy atom. The summed E-state index contributed by atoms with van der Waals surface area (Å²) in [6.07, 6.45) is 0. The molecule has 1 aliphatic heterocycles. The summed E-state index contributed by atoms with van der Waals surface area (Å²) in [7, 11) is 0. The number of hydrogen-bond acceptors (Lipinski definition) is 7. The predicted molar refractivity (Wildman–Crippen MR) is 104 cm³/mol. The molecule has 1 fully saturated rings. The van der Waals surface area contributed by atoms with Gasteiger partial charge in [0, 0.05) is 32.2 Å². The summed E-state index contributed by atoms with van der Waals surface area (Å²) in [6.45, 7) is 3.50. The lowest BCUT2D eigenvalue weighted by Gasteiger charge is -2.35. The largest absolute Gasteiger partial charge is 0.462 e. The average molecular weight is 452 g/mol. The van der Waals surface area contributed by atoms with E-state index < -0.39 is 10.9 Å². The molecule has 2 heterocycles. The van der Waals surface area contributed by atoms with Gasteiger partial charge in [-0.3, -0.25) is 14.9 Å². The van der Waals surface area contributed by atoms with Crippen molar-refractivity contribution in [3.8, 4) is 0 Å². The normalized spacial score (nSPS) is 14.1. The van der Waals surface area contributed by atoms with Crippen LogP contribution in [0.3, 0.4) is 0 Å². The first-order valence-corrected chi connectivity index (χ1v) is 9.45. The standard InChI is InChI=1S/C18H18BrN3O6/c1-2-27-18(24)12-3-4-13(14(11-12)22(25)26)20-7-9-21(10-8-20)17(23)15-5-6-16(19)28-15/h3-6,11H,2,7-10H2,1H3. The fraction of sp³-hybridized carbons (Fsp3) is 0.333. The summed E-state index contributed by atoms with van der Waals surface area (Å²) in [5.41, 5.74) is 0.376. The number of piperazine rings is 1. The maximum Gasteiger partial charge on any atom is 0.338 e. The molecule has 3 rings (SSSR count). The Kier molecular flexibility index (Phi) is 5.98. The van der Waals surface area contributed by atoms with Crippen molar-refractivity contribution in [2.24, 2.45) is 0 Å². The molecule has 0 saturated carbocycles. The van der Waals surface area contributed by atoms with Crippen LogP contribution in [0.5, 0.6) is 0 Å². The molecule has 2 aromatic rings. The lowest BCUT2D eigenvalue weighted by atomic mass is 10.1. The van der Waals surface area contributed by atoms with E-state index in [1.165, 1.54) is 12.1 Å². The second kappa shape index (κ2) is 8.42. The Labute approximate surface area is 169 Å². The van der Waals surface area contributed by atoms with E-state index in [0.717, 1.165) is 0 Å². The van der Waals surface area contributed by atoms with Gasteiger partial charge < -0.3 is 19.0 Å². The van der Waals surface area contributed by atoms with Gasteiger partial charge in [-0.2, -0.15) is 0 Å². The van der Waals surface area contributed by atoms with Crippen LogP contribution in [0.25, 0.3) is 0 Å². The van der Waals surface area contributed by atoms with Crippen LogP contribution in [0.2, 0.25) is 0 Å². The molecule has 10 heteroatoms. The smallest absolute Gasteiger partial charge is 0.338 e. The van der Waals surface area contributed by atoms with E-state index in [2.05, 4.69) is 15.9 Å². The van der Waals surface area contributed by atoms with Gasteiger partial charge in [0.25, 0.3) is 11.6 Å². The number of anilines is 1. The fourth-order valence-electron chi connectivity index (χ4n) is 3.01. The molecule has 0 N–H and O–H groups in total. The highest BCUT2D eigenvalue weighted by Crippen LogP contribution is 2.30. The molecule has 28 heavy (non-hydrogen) atoms. The fourth-order valence-corrected chi connectivity index (χ4v) is 3.32. The molecule has 1 aromatic heterocycles. The summed E-state index contributed by atoms with van der Waals surface area (Å²) in [6, 6.07) is 7.53. The maximum absolute atomic E-state index is 12.4. The first-order chi connectivity index (χ1) is 13.4. The van der Waals surface area contributed by atoms with Crippen molar-refractivity contribution in [2.75, 3.05) is 37.7 Å². The quantitative estimate of drug-likeness (QED) is 0.390. The number of carbonyl (C=O) groups excluding carboxylic acids is 2. The van der Waals surface area contributed by atoms with Crippen LogP contribution < -0.4 is 4.90 Å².